The molecular weight excluding hydrogens is 308 g/mol. The van der Waals surface area contributed by atoms with Crippen LogP contribution in [0.25, 0.3) is 5.57 Å². The summed E-state index contributed by atoms with van der Waals surface area (Å²) in [5, 5.41) is 22.2. The lowest BCUT2D eigenvalue weighted by molar-refractivity contribution is -0.120. The number of aliphatic hydroxyl groups is 2. The van der Waals surface area contributed by atoms with E-state index in [1.54, 1.807) is 6.08 Å². The van der Waals surface area contributed by atoms with Gasteiger partial charge in [-0.2, -0.15) is 0 Å². The summed E-state index contributed by atoms with van der Waals surface area (Å²) in [5.41, 5.74) is 2.35. The van der Waals surface area contributed by atoms with Gasteiger partial charge >= 0.3 is 0 Å². The summed E-state index contributed by atoms with van der Waals surface area (Å²) in [6.07, 6.45) is 10.9. The van der Waals surface area contributed by atoms with Gasteiger partial charge < -0.3 is 10.2 Å². The van der Waals surface area contributed by atoms with Crippen LogP contribution in [0.2, 0.25) is 0 Å². The Hall–Kier alpha value is -1.54. The van der Waals surface area contributed by atoms with Crippen molar-refractivity contribution in [2.24, 2.45) is 29.6 Å². The summed E-state index contributed by atoms with van der Waals surface area (Å²) in [7, 11) is 0. The van der Waals surface area contributed by atoms with Crippen LogP contribution in [0.4, 0.5) is 0 Å². The van der Waals surface area contributed by atoms with Crippen LogP contribution in [0.15, 0.2) is 42.2 Å². The number of aryl methyl sites for hydroxylation is 1. The van der Waals surface area contributed by atoms with Gasteiger partial charge in [-0.1, -0.05) is 24.3 Å². The smallest absolute Gasteiger partial charge is 0.119 e. The fourth-order valence-corrected chi connectivity index (χ4v) is 6.87. The van der Waals surface area contributed by atoms with Crippen molar-refractivity contribution in [1.29, 1.82) is 0 Å². The predicted octanol–water partition coefficient (Wildman–Crippen LogP) is 5.03. The summed E-state index contributed by atoms with van der Waals surface area (Å²) in [6.45, 7) is 2.08. The average molecular weight is 336 g/mol. The van der Waals surface area contributed by atoms with Crippen LogP contribution in [0.3, 0.4) is 0 Å². The molecule has 5 aliphatic carbocycles. The molecule has 6 rings (SSSR count). The fourth-order valence-electron chi connectivity index (χ4n) is 6.87. The zero-order valence-corrected chi connectivity index (χ0v) is 15.0. The van der Waals surface area contributed by atoms with Crippen LogP contribution in [0.5, 0.6) is 0 Å². The molecule has 5 aliphatic rings. The molecule has 0 radical (unpaired) electrons. The van der Waals surface area contributed by atoms with Crippen LogP contribution < -0.4 is 0 Å². The van der Waals surface area contributed by atoms with Crippen molar-refractivity contribution in [2.45, 2.75) is 51.0 Å². The minimum Gasteiger partial charge on any atom is -0.508 e. The van der Waals surface area contributed by atoms with Crippen molar-refractivity contribution in [2.75, 3.05) is 0 Å². The molecule has 0 aromatic heterocycles. The first-order valence-corrected chi connectivity index (χ1v) is 9.93. The van der Waals surface area contributed by atoms with Gasteiger partial charge in [-0.3, -0.25) is 0 Å². The Kier molecular flexibility index (Phi) is 3.44. The summed E-state index contributed by atoms with van der Waals surface area (Å²) < 4.78 is 0. The van der Waals surface area contributed by atoms with Crippen molar-refractivity contribution < 1.29 is 10.2 Å². The first kappa shape index (κ1) is 15.7. The quantitative estimate of drug-likeness (QED) is 0.795. The topological polar surface area (TPSA) is 40.5 Å². The van der Waals surface area contributed by atoms with Gasteiger partial charge in [-0.05, 0) is 91.9 Å². The van der Waals surface area contributed by atoms with Gasteiger partial charge in [0.1, 0.15) is 5.76 Å². The molecule has 132 valence electrons. The van der Waals surface area contributed by atoms with E-state index in [-0.39, 0.29) is 0 Å². The van der Waals surface area contributed by atoms with E-state index in [4.69, 9.17) is 0 Å². The Morgan fingerprint density at radius 2 is 1.60 bits per heavy atom. The van der Waals surface area contributed by atoms with Gasteiger partial charge in [0.2, 0.25) is 0 Å². The summed E-state index contributed by atoms with van der Waals surface area (Å²) in [6, 6.07) is 8.19. The third-order valence-corrected chi connectivity index (χ3v) is 7.57. The van der Waals surface area contributed by atoms with Crippen LogP contribution in [-0.4, -0.2) is 15.8 Å². The minimum absolute atomic E-state index is 0.322. The molecule has 0 saturated heterocycles. The van der Waals surface area contributed by atoms with Gasteiger partial charge in [-0.25, -0.2) is 0 Å². The van der Waals surface area contributed by atoms with E-state index in [0.717, 1.165) is 28.5 Å². The Balaban J connectivity index is 1.49. The zero-order valence-electron chi connectivity index (χ0n) is 15.0. The first-order chi connectivity index (χ1) is 12.0. The number of benzene rings is 1. The standard InChI is InChI=1S/C23H28O2/c1-14-4-2-3-5-19(14)20-13-23(25,7-6-21(20)24)22-17-9-15-8-16(11-17)12-18(22)10-15/h2-7,15-18,22,24-25H,8-13H2,1H3. The molecule has 1 aromatic rings. The van der Waals surface area contributed by atoms with Crippen molar-refractivity contribution in [1.82, 2.24) is 0 Å². The highest BCUT2D eigenvalue weighted by Crippen LogP contribution is 2.60. The Morgan fingerprint density at radius 3 is 2.24 bits per heavy atom. The second kappa shape index (κ2) is 5.48. The zero-order chi connectivity index (χ0) is 17.2. The third-order valence-electron chi connectivity index (χ3n) is 7.57. The molecule has 4 bridgehead atoms. The van der Waals surface area contributed by atoms with Crippen LogP contribution in [0.1, 0.15) is 49.7 Å². The van der Waals surface area contributed by atoms with Crippen molar-refractivity contribution in [3.63, 3.8) is 0 Å². The largest absolute Gasteiger partial charge is 0.508 e. The van der Waals surface area contributed by atoms with Crippen molar-refractivity contribution >= 4 is 5.57 Å². The van der Waals surface area contributed by atoms with E-state index >= 15 is 0 Å². The summed E-state index contributed by atoms with van der Waals surface area (Å²) >= 11 is 0. The van der Waals surface area contributed by atoms with Crippen molar-refractivity contribution in [3.8, 4) is 0 Å². The maximum absolute atomic E-state index is 11.7. The molecule has 1 atom stereocenters. The Morgan fingerprint density at radius 1 is 0.960 bits per heavy atom. The lowest BCUT2D eigenvalue weighted by Gasteiger charge is -2.58. The minimum atomic E-state index is -0.799. The monoisotopic (exact) mass is 336 g/mol. The second-order valence-corrected chi connectivity index (χ2v) is 9.14. The van der Waals surface area contributed by atoms with E-state index in [9.17, 15) is 10.2 Å². The lowest BCUT2D eigenvalue weighted by Crippen LogP contribution is -2.54. The SMILES string of the molecule is Cc1ccccc1C1=C(O)C=CC(O)(C2C3CC4CC(C3)CC2C4)C1. The number of hydrogen-bond acceptors (Lipinski definition) is 2. The molecule has 1 unspecified atom stereocenters. The van der Waals surface area contributed by atoms with Gasteiger partial charge in [0, 0.05) is 12.0 Å². The maximum atomic E-state index is 11.7. The highest BCUT2D eigenvalue weighted by atomic mass is 16.3. The molecule has 25 heavy (non-hydrogen) atoms. The molecule has 1 aromatic carbocycles. The highest BCUT2D eigenvalue weighted by molar-refractivity contribution is 5.74. The molecular formula is C23H28O2. The molecule has 2 N–H and O–H groups in total. The predicted molar refractivity (Wildman–Crippen MR) is 100.0 cm³/mol. The molecule has 4 saturated carbocycles. The van der Waals surface area contributed by atoms with Crippen LogP contribution in [0, 0.1) is 36.5 Å². The van der Waals surface area contributed by atoms with E-state index < -0.39 is 5.60 Å². The molecule has 0 heterocycles. The fraction of sp³-hybridized carbons (Fsp3) is 0.565. The van der Waals surface area contributed by atoms with E-state index in [1.807, 2.05) is 18.2 Å². The Bertz CT molecular complexity index is 731. The summed E-state index contributed by atoms with van der Waals surface area (Å²) in [5.74, 6) is 3.85. The van der Waals surface area contributed by atoms with Gasteiger partial charge in [0.15, 0.2) is 0 Å². The lowest BCUT2D eigenvalue weighted by atomic mass is 9.48. The third kappa shape index (κ3) is 2.41. The maximum Gasteiger partial charge on any atom is 0.119 e. The van der Waals surface area contributed by atoms with E-state index in [2.05, 4.69) is 19.1 Å². The van der Waals surface area contributed by atoms with E-state index in [0.29, 0.717) is 29.9 Å². The molecule has 0 spiro atoms. The molecule has 0 amide bonds. The Labute approximate surface area is 150 Å². The first-order valence-electron chi connectivity index (χ1n) is 9.93. The normalized spacial score (nSPS) is 42.2. The van der Waals surface area contributed by atoms with Crippen LogP contribution in [-0.2, 0) is 0 Å². The van der Waals surface area contributed by atoms with Crippen LogP contribution >= 0.6 is 0 Å². The molecule has 2 heteroatoms. The highest BCUT2D eigenvalue weighted by Gasteiger charge is 2.55. The summed E-state index contributed by atoms with van der Waals surface area (Å²) in [4.78, 5) is 0. The number of aliphatic hydroxyl groups excluding tert-OH is 1. The molecule has 0 aliphatic heterocycles. The van der Waals surface area contributed by atoms with Gasteiger partial charge in [-0.15, -0.1) is 0 Å². The average Bonchev–Trinajstić information content (AvgIpc) is 2.57. The molecule has 2 nitrogen and oxygen atoms in total. The van der Waals surface area contributed by atoms with E-state index in [1.165, 1.54) is 32.1 Å². The number of allylic oxidation sites excluding steroid dienone is 1. The van der Waals surface area contributed by atoms with Crippen molar-refractivity contribution in [3.05, 3.63) is 53.3 Å². The van der Waals surface area contributed by atoms with Gasteiger partial charge in [0.25, 0.3) is 0 Å². The van der Waals surface area contributed by atoms with Gasteiger partial charge in [0.05, 0.1) is 5.60 Å². The second-order valence-electron chi connectivity index (χ2n) is 9.14. The number of rotatable bonds is 2. The number of hydrogen-bond donors (Lipinski definition) is 2. The molecule has 4 fully saturated rings.